The van der Waals surface area contributed by atoms with Crippen LogP contribution in [-0.2, 0) is 27.2 Å². The quantitative estimate of drug-likeness (QED) is 0.785. The minimum atomic E-state index is -4.95. The second-order valence-electron chi connectivity index (χ2n) is 5.22. The first kappa shape index (κ1) is 19.8. The van der Waals surface area contributed by atoms with E-state index in [0.717, 1.165) is 30.3 Å². The summed E-state index contributed by atoms with van der Waals surface area (Å²) in [6.07, 6.45) is -5.07. The van der Waals surface area contributed by atoms with E-state index < -0.39 is 44.6 Å². The van der Waals surface area contributed by atoms with Gasteiger partial charge in [-0.15, -0.1) is 0 Å². The number of anilines is 1. The number of amides is 1. The monoisotopic (exact) mass is 393 g/mol. The summed E-state index contributed by atoms with van der Waals surface area (Å²) in [5.41, 5.74) is -1.28. The minimum absolute atomic E-state index is 0.0338. The SMILES string of the molecule is O=C(Cc1cccc(C(F)(F)F)c1)Nc1ccccc1S(=O)(=O)C(F)F. The molecule has 4 nitrogen and oxygen atoms in total. The Morgan fingerprint density at radius 1 is 1.04 bits per heavy atom. The van der Waals surface area contributed by atoms with Crippen molar-refractivity contribution in [3.63, 3.8) is 0 Å². The van der Waals surface area contributed by atoms with Crippen LogP contribution in [0.1, 0.15) is 11.1 Å². The van der Waals surface area contributed by atoms with Gasteiger partial charge in [-0.3, -0.25) is 4.79 Å². The summed E-state index contributed by atoms with van der Waals surface area (Å²) in [7, 11) is -4.95. The molecule has 10 heteroatoms. The number of sulfone groups is 1. The van der Waals surface area contributed by atoms with Crippen molar-refractivity contribution in [3.05, 3.63) is 59.7 Å². The highest BCUT2D eigenvalue weighted by Gasteiger charge is 2.31. The molecule has 0 unspecified atom stereocenters. The first-order valence-electron chi connectivity index (χ1n) is 7.09. The Hall–Kier alpha value is -2.49. The molecular formula is C16H12F5NO3S. The van der Waals surface area contributed by atoms with Crippen LogP contribution in [0.25, 0.3) is 0 Å². The van der Waals surface area contributed by atoms with Crippen molar-refractivity contribution in [2.75, 3.05) is 5.32 Å². The summed E-state index contributed by atoms with van der Waals surface area (Å²) in [6, 6.07) is 8.58. The fourth-order valence-electron chi connectivity index (χ4n) is 2.15. The van der Waals surface area contributed by atoms with Crippen molar-refractivity contribution in [2.45, 2.75) is 23.3 Å². The van der Waals surface area contributed by atoms with E-state index in [-0.39, 0.29) is 11.3 Å². The number of halogens is 5. The van der Waals surface area contributed by atoms with E-state index in [1.165, 1.54) is 18.2 Å². The van der Waals surface area contributed by atoms with Gasteiger partial charge in [-0.25, -0.2) is 8.42 Å². The largest absolute Gasteiger partial charge is 0.416 e. The molecule has 0 atom stereocenters. The van der Waals surface area contributed by atoms with E-state index in [1.807, 2.05) is 0 Å². The zero-order chi connectivity index (χ0) is 19.5. The number of nitrogens with one attached hydrogen (secondary N) is 1. The smallest absolute Gasteiger partial charge is 0.325 e. The van der Waals surface area contributed by atoms with E-state index in [9.17, 15) is 35.2 Å². The molecule has 1 amide bonds. The minimum Gasteiger partial charge on any atom is -0.325 e. The van der Waals surface area contributed by atoms with Gasteiger partial charge in [0.1, 0.15) is 0 Å². The Labute approximate surface area is 145 Å². The van der Waals surface area contributed by atoms with Crippen LogP contribution >= 0.6 is 0 Å². The lowest BCUT2D eigenvalue weighted by molar-refractivity contribution is -0.137. The van der Waals surface area contributed by atoms with Gasteiger partial charge in [-0.2, -0.15) is 22.0 Å². The van der Waals surface area contributed by atoms with Crippen LogP contribution in [0.3, 0.4) is 0 Å². The van der Waals surface area contributed by atoms with Crippen molar-refractivity contribution in [3.8, 4) is 0 Å². The molecule has 0 radical (unpaired) electrons. The van der Waals surface area contributed by atoms with Gasteiger partial charge < -0.3 is 5.32 Å². The molecule has 0 aromatic heterocycles. The summed E-state index contributed by atoms with van der Waals surface area (Å²) in [6.45, 7) is 0. The zero-order valence-corrected chi connectivity index (χ0v) is 13.7. The predicted octanol–water partition coefficient (Wildman–Crippen LogP) is 3.88. The van der Waals surface area contributed by atoms with Crippen LogP contribution in [0.2, 0.25) is 0 Å². The first-order chi connectivity index (χ1) is 12.0. The lowest BCUT2D eigenvalue weighted by atomic mass is 10.1. The lowest BCUT2D eigenvalue weighted by Gasteiger charge is -2.12. The number of carbonyl (C=O) groups is 1. The predicted molar refractivity (Wildman–Crippen MR) is 83.4 cm³/mol. The van der Waals surface area contributed by atoms with E-state index >= 15 is 0 Å². The summed E-state index contributed by atoms with van der Waals surface area (Å²) in [5.74, 6) is -4.52. The molecule has 2 aromatic carbocycles. The van der Waals surface area contributed by atoms with Crippen LogP contribution in [0.5, 0.6) is 0 Å². The third kappa shape index (κ3) is 4.57. The molecular weight excluding hydrogens is 381 g/mol. The second-order valence-corrected chi connectivity index (χ2v) is 7.11. The number of rotatable bonds is 5. The van der Waals surface area contributed by atoms with Crippen molar-refractivity contribution >= 4 is 21.4 Å². The maximum atomic E-state index is 12.7. The van der Waals surface area contributed by atoms with Gasteiger partial charge in [0, 0.05) is 0 Å². The van der Waals surface area contributed by atoms with Gasteiger partial charge in [0.15, 0.2) is 0 Å². The Kier molecular flexibility index (Phi) is 5.65. The van der Waals surface area contributed by atoms with Crippen molar-refractivity contribution in [1.29, 1.82) is 0 Å². The standard InChI is InChI=1S/C16H12F5NO3S/c17-15(18)26(24,25)13-7-2-1-6-12(13)22-14(23)9-10-4-3-5-11(8-10)16(19,20)21/h1-8,15H,9H2,(H,22,23). The molecule has 2 rings (SSSR count). The van der Waals surface area contributed by atoms with Crippen LogP contribution in [0.15, 0.2) is 53.4 Å². The van der Waals surface area contributed by atoms with Crippen molar-refractivity contribution in [1.82, 2.24) is 0 Å². The van der Waals surface area contributed by atoms with Crippen LogP contribution in [-0.4, -0.2) is 20.1 Å². The highest BCUT2D eigenvalue weighted by molar-refractivity contribution is 7.91. The number of hydrogen-bond donors (Lipinski definition) is 1. The van der Waals surface area contributed by atoms with Gasteiger partial charge in [0.05, 0.1) is 22.6 Å². The van der Waals surface area contributed by atoms with Crippen LogP contribution in [0.4, 0.5) is 27.6 Å². The average Bonchev–Trinajstić information content (AvgIpc) is 2.54. The summed E-state index contributed by atoms with van der Waals surface area (Å²) < 4.78 is 86.7. The van der Waals surface area contributed by atoms with Gasteiger partial charge >= 0.3 is 11.9 Å². The van der Waals surface area contributed by atoms with Gasteiger partial charge in [-0.05, 0) is 23.8 Å². The molecule has 0 fully saturated rings. The van der Waals surface area contributed by atoms with Crippen LogP contribution < -0.4 is 5.32 Å². The second kappa shape index (κ2) is 7.40. The first-order valence-corrected chi connectivity index (χ1v) is 8.63. The molecule has 0 heterocycles. The van der Waals surface area contributed by atoms with E-state index in [1.54, 1.807) is 0 Å². The summed E-state index contributed by atoms with van der Waals surface area (Å²) in [5, 5.41) is 2.15. The highest BCUT2D eigenvalue weighted by atomic mass is 32.2. The van der Waals surface area contributed by atoms with E-state index in [0.29, 0.717) is 0 Å². The zero-order valence-electron chi connectivity index (χ0n) is 12.9. The van der Waals surface area contributed by atoms with Gasteiger partial charge in [0.25, 0.3) is 0 Å². The highest BCUT2D eigenvalue weighted by Crippen LogP contribution is 2.30. The van der Waals surface area contributed by atoms with Gasteiger partial charge in [0.2, 0.25) is 15.7 Å². The van der Waals surface area contributed by atoms with E-state index in [4.69, 9.17) is 0 Å². The van der Waals surface area contributed by atoms with E-state index in [2.05, 4.69) is 5.32 Å². The lowest BCUT2D eigenvalue weighted by Crippen LogP contribution is -2.19. The normalized spacial score (nSPS) is 12.2. The Morgan fingerprint density at radius 3 is 2.31 bits per heavy atom. The molecule has 0 saturated carbocycles. The number of carbonyl (C=O) groups excluding carboxylic acids is 1. The van der Waals surface area contributed by atoms with Gasteiger partial charge in [-0.1, -0.05) is 30.3 Å². The molecule has 26 heavy (non-hydrogen) atoms. The Morgan fingerprint density at radius 2 is 1.69 bits per heavy atom. The molecule has 0 saturated heterocycles. The number of alkyl halides is 5. The fourth-order valence-corrected chi connectivity index (χ4v) is 3.04. The third-order valence-corrected chi connectivity index (χ3v) is 4.76. The van der Waals surface area contributed by atoms with Crippen molar-refractivity contribution in [2.24, 2.45) is 0 Å². The molecule has 0 spiro atoms. The molecule has 0 aliphatic rings. The summed E-state index contributed by atoms with van der Waals surface area (Å²) in [4.78, 5) is 11.2. The maximum absolute atomic E-state index is 12.7. The Bertz CT molecular complexity index is 910. The van der Waals surface area contributed by atoms with Crippen molar-refractivity contribution < 1.29 is 35.2 Å². The Balaban J connectivity index is 2.22. The molecule has 140 valence electrons. The maximum Gasteiger partial charge on any atom is 0.416 e. The number of para-hydroxylation sites is 1. The average molecular weight is 393 g/mol. The molecule has 0 aliphatic heterocycles. The fraction of sp³-hybridized carbons (Fsp3) is 0.188. The molecule has 1 N–H and O–H groups in total. The summed E-state index contributed by atoms with van der Waals surface area (Å²) >= 11 is 0. The number of benzene rings is 2. The molecule has 2 aromatic rings. The molecule has 0 bridgehead atoms. The van der Waals surface area contributed by atoms with Crippen LogP contribution in [0, 0.1) is 0 Å². The third-order valence-electron chi connectivity index (χ3n) is 3.32. The number of hydrogen-bond acceptors (Lipinski definition) is 3. The molecule has 0 aliphatic carbocycles. The topological polar surface area (TPSA) is 63.2 Å².